The van der Waals surface area contributed by atoms with Gasteiger partial charge >= 0.3 is 12.0 Å². The first-order chi connectivity index (χ1) is 14.6. The van der Waals surface area contributed by atoms with Gasteiger partial charge in [0.15, 0.2) is 6.10 Å². The van der Waals surface area contributed by atoms with Crippen molar-refractivity contribution in [1.82, 2.24) is 15.6 Å². The summed E-state index contributed by atoms with van der Waals surface area (Å²) in [6, 6.07) is 6.88. The molecule has 2 unspecified atom stereocenters. The quantitative estimate of drug-likeness (QED) is 0.727. The second kappa shape index (κ2) is 9.04. The fourth-order valence-corrected chi connectivity index (χ4v) is 4.05. The highest BCUT2D eigenvalue weighted by Gasteiger charge is 2.34. The van der Waals surface area contributed by atoms with E-state index in [0.29, 0.717) is 18.0 Å². The van der Waals surface area contributed by atoms with Crippen LogP contribution in [0.5, 0.6) is 0 Å². The standard InChI is InChI=1S/C24H31N3O4/c1-6-25-23(30)27-21(28)14(2)31-22(29)20-16-9-7-8-10-18(16)26-19-12-11-15(13-17(19)20)24(3,4)5/h7-10,14-15H,6,11-13H2,1-5H3,(H2,25,27,28,30). The molecule has 0 bridgehead atoms. The maximum absolute atomic E-state index is 13.3. The molecule has 1 aliphatic carbocycles. The summed E-state index contributed by atoms with van der Waals surface area (Å²) in [6.45, 7) is 10.2. The van der Waals surface area contributed by atoms with Gasteiger partial charge in [0, 0.05) is 17.6 Å². The Morgan fingerprint density at radius 2 is 1.94 bits per heavy atom. The Labute approximate surface area is 182 Å². The molecule has 0 aliphatic heterocycles. The minimum Gasteiger partial charge on any atom is -0.449 e. The number of hydrogen-bond acceptors (Lipinski definition) is 5. The maximum atomic E-state index is 13.3. The van der Waals surface area contributed by atoms with Gasteiger partial charge in [-0.1, -0.05) is 39.0 Å². The monoisotopic (exact) mass is 425 g/mol. The lowest BCUT2D eigenvalue weighted by Gasteiger charge is -2.35. The number of para-hydroxylation sites is 1. The second-order valence-electron chi connectivity index (χ2n) is 9.13. The lowest BCUT2D eigenvalue weighted by Crippen LogP contribution is -2.44. The molecule has 3 amide bonds. The molecule has 0 spiro atoms. The van der Waals surface area contributed by atoms with Gasteiger partial charge in [0.05, 0.1) is 11.1 Å². The molecule has 2 atom stereocenters. The van der Waals surface area contributed by atoms with E-state index in [1.807, 2.05) is 24.3 Å². The van der Waals surface area contributed by atoms with Crippen molar-refractivity contribution in [2.75, 3.05) is 6.54 Å². The van der Waals surface area contributed by atoms with Crippen LogP contribution < -0.4 is 10.6 Å². The van der Waals surface area contributed by atoms with Crippen molar-refractivity contribution in [1.29, 1.82) is 0 Å². The van der Waals surface area contributed by atoms with Gasteiger partial charge < -0.3 is 10.1 Å². The number of fused-ring (bicyclic) bond motifs is 2. The molecule has 0 fully saturated rings. The average molecular weight is 426 g/mol. The van der Waals surface area contributed by atoms with E-state index in [1.165, 1.54) is 6.92 Å². The summed E-state index contributed by atoms with van der Waals surface area (Å²) in [7, 11) is 0. The molecule has 0 radical (unpaired) electrons. The highest BCUT2D eigenvalue weighted by atomic mass is 16.5. The van der Waals surface area contributed by atoms with Crippen LogP contribution in [0.25, 0.3) is 10.9 Å². The fraction of sp³-hybridized carbons (Fsp3) is 0.500. The molecule has 0 saturated heterocycles. The SMILES string of the molecule is CCNC(=O)NC(=O)C(C)OC(=O)c1c2c(nc3ccccc13)CCC(C(C)(C)C)C2. The molecular formula is C24H31N3O4. The Balaban J connectivity index is 1.94. The van der Waals surface area contributed by atoms with Crippen molar-refractivity contribution in [3.05, 3.63) is 41.1 Å². The Morgan fingerprint density at radius 1 is 1.23 bits per heavy atom. The Hall–Kier alpha value is -2.96. The van der Waals surface area contributed by atoms with Gasteiger partial charge in [-0.05, 0) is 56.1 Å². The lowest BCUT2D eigenvalue weighted by atomic mass is 9.70. The highest BCUT2D eigenvalue weighted by molar-refractivity contribution is 6.06. The molecule has 7 nitrogen and oxygen atoms in total. The van der Waals surface area contributed by atoms with Crippen LogP contribution in [0, 0.1) is 11.3 Å². The molecule has 2 aromatic rings. The zero-order chi connectivity index (χ0) is 22.8. The van der Waals surface area contributed by atoms with E-state index in [-0.39, 0.29) is 5.41 Å². The third kappa shape index (κ3) is 5.03. The number of pyridine rings is 1. The maximum Gasteiger partial charge on any atom is 0.339 e. The minimum atomic E-state index is -1.11. The summed E-state index contributed by atoms with van der Waals surface area (Å²) in [5.41, 5.74) is 3.15. The normalized spacial score (nSPS) is 16.9. The summed E-state index contributed by atoms with van der Waals surface area (Å²) in [5, 5.41) is 5.39. The van der Waals surface area contributed by atoms with Crippen LogP contribution in [0.2, 0.25) is 0 Å². The first-order valence-corrected chi connectivity index (χ1v) is 10.8. The van der Waals surface area contributed by atoms with Gasteiger partial charge in [-0.25, -0.2) is 9.59 Å². The number of amides is 3. The molecule has 7 heteroatoms. The minimum absolute atomic E-state index is 0.102. The molecule has 2 N–H and O–H groups in total. The predicted molar refractivity (Wildman–Crippen MR) is 119 cm³/mol. The van der Waals surface area contributed by atoms with Crippen molar-refractivity contribution in [2.24, 2.45) is 11.3 Å². The number of nitrogens with zero attached hydrogens (tertiary/aromatic N) is 1. The zero-order valence-electron chi connectivity index (χ0n) is 18.9. The molecule has 1 aliphatic rings. The molecule has 3 rings (SSSR count). The van der Waals surface area contributed by atoms with Crippen LogP contribution in [-0.2, 0) is 22.4 Å². The molecule has 31 heavy (non-hydrogen) atoms. The largest absolute Gasteiger partial charge is 0.449 e. The molecule has 0 saturated carbocycles. The number of aryl methyl sites for hydroxylation is 1. The Bertz CT molecular complexity index is 1010. The van der Waals surface area contributed by atoms with Gasteiger partial charge in [0.2, 0.25) is 0 Å². The Kier molecular flexibility index (Phi) is 6.62. The third-order valence-electron chi connectivity index (χ3n) is 5.92. The Morgan fingerprint density at radius 3 is 2.61 bits per heavy atom. The molecular weight excluding hydrogens is 394 g/mol. The van der Waals surface area contributed by atoms with Crippen molar-refractivity contribution in [3.8, 4) is 0 Å². The number of ether oxygens (including phenoxy) is 1. The number of carbonyl (C=O) groups is 3. The number of rotatable bonds is 4. The second-order valence-corrected chi connectivity index (χ2v) is 9.13. The summed E-state index contributed by atoms with van der Waals surface area (Å²) < 4.78 is 5.51. The number of imide groups is 1. The van der Waals surface area contributed by atoms with Gasteiger partial charge in [-0.15, -0.1) is 0 Å². The zero-order valence-corrected chi connectivity index (χ0v) is 18.9. The van der Waals surface area contributed by atoms with Gasteiger partial charge in [0.1, 0.15) is 0 Å². The van der Waals surface area contributed by atoms with E-state index in [2.05, 4.69) is 31.4 Å². The number of carbonyl (C=O) groups excluding carboxylic acids is 3. The van der Waals surface area contributed by atoms with Crippen molar-refractivity contribution in [3.63, 3.8) is 0 Å². The first-order valence-electron chi connectivity index (χ1n) is 10.8. The summed E-state index contributed by atoms with van der Waals surface area (Å²) in [4.78, 5) is 42.0. The van der Waals surface area contributed by atoms with E-state index in [0.717, 1.165) is 41.4 Å². The number of aromatic nitrogens is 1. The van der Waals surface area contributed by atoms with Crippen LogP contribution in [0.3, 0.4) is 0 Å². The molecule has 1 heterocycles. The van der Waals surface area contributed by atoms with Crippen LogP contribution >= 0.6 is 0 Å². The number of benzene rings is 1. The fourth-order valence-electron chi connectivity index (χ4n) is 4.05. The number of urea groups is 1. The van der Waals surface area contributed by atoms with Crippen LogP contribution in [0.4, 0.5) is 4.79 Å². The molecule has 166 valence electrons. The van der Waals surface area contributed by atoms with E-state index in [9.17, 15) is 14.4 Å². The average Bonchev–Trinajstić information content (AvgIpc) is 2.70. The number of nitrogens with one attached hydrogen (secondary N) is 2. The smallest absolute Gasteiger partial charge is 0.339 e. The third-order valence-corrected chi connectivity index (χ3v) is 5.92. The van der Waals surface area contributed by atoms with E-state index >= 15 is 0 Å². The topological polar surface area (TPSA) is 97.4 Å². The summed E-state index contributed by atoms with van der Waals surface area (Å²) >= 11 is 0. The van der Waals surface area contributed by atoms with Crippen molar-refractivity contribution in [2.45, 2.75) is 60.0 Å². The summed E-state index contributed by atoms with van der Waals surface area (Å²) in [6.07, 6.45) is 1.44. The van der Waals surface area contributed by atoms with E-state index in [1.54, 1.807) is 6.92 Å². The lowest BCUT2D eigenvalue weighted by molar-refractivity contribution is -0.127. The predicted octanol–water partition coefficient (Wildman–Crippen LogP) is 3.78. The van der Waals surface area contributed by atoms with Crippen LogP contribution in [0.15, 0.2) is 24.3 Å². The molecule has 1 aromatic heterocycles. The van der Waals surface area contributed by atoms with Gasteiger partial charge in [0.25, 0.3) is 5.91 Å². The van der Waals surface area contributed by atoms with Gasteiger partial charge in [-0.3, -0.25) is 15.1 Å². The van der Waals surface area contributed by atoms with E-state index < -0.39 is 24.0 Å². The van der Waals surface area contributed by atoms with Crippen LogP contribution in [0.1, 0.15) is 62.7 Å². The highest BCUT2D eigenvalue weighted by Crippen LogP contribution is 2.39. The van der Waals surface area contributed by atoms with Crippen molar-refractivity contribution < 1.29 is 19.1 Å². The number of hydrogen-bond donors (Lipinski definition) is 2. The van der Waals surface area contributed by atoms with E-state index in [4.69, 9.17) is 9.72 Å². The van der Waals surface area contributed by atoms with Crippen LogP contribution in [-0.4, -0.2) is 35.5 Å². The first kappa shape index (κ1) is 22.7. The number of esters is 1. The molecule has 1 aromatic carbocycles. The van der Waals surface area contributed by atoms with Gasteiger partial charge in [-0.2, -0.15) is 0 Å². The summed E-state index contributed by atoms with van der Waals surface area (Å²) in [5.74, 6) is -0.824. The van der Waals surface area contributed by atoms with Crippen molar-refractivity contribution >= 4 is 28.8 Å².